The molecule has 0 aliphatic heterocycles. The van der Waals surface area contributed by atoms with Crippen LogP contribution in [0.3, 0.4) is 0 Å². The average Bonchev–Trinajstić information content (AvgIpc) is 2.34. The molecule has 20 heavy (non-hydrogen) atoms. The van der Waals surface area contributed by atoms with Gasteiger partial charge in [0.1, 0.15) is 5.75 Å². The number of nitrogens with one attached hydrogen (secondary N) is 1. The molecule has 0 aliphatic rings. The minimum Gasteiger partial charge on any atom is -0.550 e. The van der Waals surface area contributed by atoms with E-state index in [2.05, 4.69) is 5.32 Å². The van der Waals surface area contributed by atoms with Gasteiger partial charge in [0.25, 0.3) is 0 Å². The van der Waals surface area contributed by atoms with E-state index >= 15 is 0 Å². The van der Waals surface area contributed by atoms with Gasteiger partial charge in [0.05, 0.1) is 7.11 Å². The molecule has 0 radical (unpaired) electrons. The number of benzene rings is 1. The molecule has 1 aromatic rings. The average molecular weight is 297 g/mol. The normalized spacial score (nSPS) is 10.4. The van der Waals surface area contributed by atoms with Gasteiger partial charge >= 0.3 is 59.1 Å². The van der Waals surface area contributed by atoms with E-state index < -0.39 is 24.3 Å². The number of methoxy groups -OCH3 is 1. The Morgan fingerprint density at radius 3 is 2.15 bits per heavy atom. The summed E-state index contributed by atoms with van der Waals surface area (Å²) < 4.78 is 4.97. The summed E-state index contributed by atoms with van der Waals surface area (Å²) in [7, 11) is 1.54. The SMILES string of the molecule is COc1ccc(NCC(CC(=O)[O-])C(=O)[O-])cc1.[Na+].[Na+]. The maximum Gasteiger partial charge on any atom is 1.00 e. The van der Waals surface area contributed by atoms with E-state index in [1.807, 2.05) is 0 Å². The van der Waals surface area contributed by atoms with Crippen LogP contribution in [0.15, 0.2) is 24.3 Å². The number of ether oxygens (including phenoxy) is 1. The first kappa shape index (κ1) is 22.0. The fraction of sp³-hybridized carbons (Fsp3) is 0.333. The zero-order valence-electron chi connectivity index (χ0n) is 11.8. The Bertz CT molecular complexity index is 424. The molecule has 0 amide bonds. The van der Waals surface area contributed by atoms with Crippen LogP contribution in [0, 0.1) is 5.92 Å². The molecule has 1 N–H and O–H groups in total. The van der Waals surface area contributed by atoms with E-state index in [1.165, 1.54) is 7.11 Å². The van der Waals surface area contributed by atoms with Crippen molar-refractivity contribution in [2.45, 2.75) is 6.42 Å². The summed E-state index contributed by atoms with van der Waals surface area (Å²) in [4.78, 5) is 21.1. The predicted molar refractivity (Wildman–Crippen MR) is 59.6 cm³/mol. The number of hydrogen-bond acceptors (Lipinski definition) is 6. The van der Waals surface area contributed by atoms with Crippen molar-refractivity contribution in [1.82, 2.24) is 0 Å². The van der Waals surface area contributed by atoms with Crippen LogP contribution in [0.1, 0.15) is 6.42 Å². The van der Waals surface area contributed by atoms with Crippen LogP contribution in [0.25, 0.3) is 0 Å². The summed E-state index contributed by atoms with van der Waals surface area (Å²) in [6, 6.07) is 6.80. The van der Waals surface area contributed by atoms with Crippen molar-refractivity contribution < 1.29 is 83.7 Å². The molecular formula is C12H13NNa2O5. The van der Waals surface area contributed by atoms with Crippen LogP contribution in [0.5, 0.6) is 5.75 Å². The third-order valence-electron chi connectivity index (χ3n) is 2.39. The van der Waals surface area contributed by atoms with E-state index in [1.54, 1.807) is 24.3 Å². The number of rotatable bonds is 7. The number of carbonyl (C=O) groups is 2. The molecule has 0 saturated heterocycles. The van der Waals surface area contributed by atoms with E-state index in [0.29, 0.717) is 11.4 Å². The van der Waals surface area contributed by atoms with Gasteiger partial charge in [-0.25, -0.2) is 0 Å². The van der Waals surface area contributed by atoms with Crippen LogP contribution in [-0.2, 0) is 9.59 Å². The minimum absolute atomic E-state index is 0. The van der Waals surface area contributed by atoms with Crippen LogP contribution < -0.4 is 79.4 Å². The van der Waals surface area contributed by atoms with E-state index in [9.17, 15) is 19.8 Å². The largest absolute Gasteiger partial charge is 1.00 e. The molecule has 0 bridgehead atoms. The zero-order valence-corrected chi connectivity index (χ0v) is 15.8. The summed E-state index contributed by atoms with van der Waals surface area (Å²) in [5.74, 6) is -3.29. The van der Waals surface area contributed by atoms with Gasteiger partial charge in [-0.05, 0) is 30.7 Å². The van der Waals surface area contributed by atoms with Crippen molar-refractivity contribution in [1.29, 1.82) is 0 Å². The molecule has 0 saturated carbocycles. The molecule has 0 heterocycles. The third-order valence-corrected chi connectivity index (χ3v) is 2.39. The number of carboxylic acid groups (broad SMARTS) is 2. The van der Waals surface area contributed by atoms with Crippen molar-refractivity contribution in [3.63, 3.8) is 0 Å². The topological polar surface area (TPSA) is 102 Å². The molecule has 1 aromatic carbocycles. The van der Waals surface area contributed by atoms with Crippen molar-refractivity contribution in [3.05, 3.63) is 24.3 Å². The summed E-state index contributed by atoms with van der Waals surface area (Å²) in [6.07, 6.45) is -0.578. The molecule has 1 unspecified atom stereocenters. The van der Waals surface area contributed by atoms with Gasteiger partial charge < -0.3 is 29.9 Å². The number of carbonyl (C=O) groups excluding carboxylic acids is 2. The first-order valence-electron chi connectivity index (χ1n) is 5.31. The Hall–Kier alpha value is -0.240. The summed E-state index contributed by atoms with van der Waals surface area (Å²) in [5.41, 5.74) is 0.667. The van der Waals surface area contributed by atoms with Crippen molar-refractivity contribution in [2.24, 2.45) is 5.92 Å². The third kappa shape index (κ3) is 8.14. The van der Waals surface area contributed by atoms with Crippen LogP contribution in [0.2, 0.25) is 0 Å². The summed E-state index contributed by atoms with van der Waals surface area (Å²) >= 11 is 0. The second-order valence-corrected chi connectivity index (χ2v) is 3.70. The van der Waals surface area contributed by atoms with Gasteiger partial charge in [0.2, 0.25) is 0 Å². The molecule has 0 aromatic heterocycles. The fourth-order valence-corrected chi connectivity index (χ4v) is 1.39. The fourth-order valence-electron chi connectivity index (χ4n) is 1.39. The molecule has 1 atom stereocenters. The van der Waals surface area contributed by atoms with Crippen molar-refractivity contribution in [3.8, 4) is 5.75 Å². The number of aliphatic carboxylic acids is 2. The predicted octanol–water partition coefficient (Wildman–Crippen LogP) is -7.38. The Kier molecular flexibility index (Phi) is 12.6. The van der Waals surface area contributed by atoms with Crippen LogP contribution in [-0.4, -0.2) is 25.6 Å². The molecule has 0 spiro atoms. The molecular weight excluding hydrogens is 284 g/mol. The second-order valence-electron chi connectivity index (χ2n) is 3.70. The number of anilines is 1. The Morgan fingerprint density at radius 2 is 1.75 bits per heavy atom. The first-order chi connectivity index (χ1) is 8.52. The maximum absolute atomic E-state index is 10.7. The number of hydrogen-bond donors (Lipinski definition) is 1. The van der Waals surface area contributed by atoms with E-state index in [0.717, 1.165) is 0 Å². The quantitative estimate of drug-likeness (QED) is 0.502. The Morgan fingerprint density at radius 1 is 1.20 bits per heavy atom. The second kappa shape index (κ2) is 11.4. The van der Waals surface area contributed by atoms with Gasteiger partial charge in [-0.15, -0.1) is 0 Å². The Balaban J connectivity index is 0. The smallest absolute Gasteiger partial charge is 0.550 e. The van der Waals surface area contributed by atoms with E-state index in [4.69, 9.17) is 4.74 Å². The monoisotopic (exact) mass is 297 g/mol. The first-order valence-corrected chi connectivity index (χ1v) is 5.31. The zero-order chi connectivity index (χ0) is 13.5. The molecule has 98 valence electrons. The summed E-state index contributed by atoms with van der Waals surface area (Å²) in [6.45, 7) is -0.0390. The molecule has 1 rings (SSSR count). The summed E-state index contributed by atoms with van der Waals surface area (Å²) in [5, 5.41) is 23.9. The van der Waals surface area contributed by atoms with Gasteiger partial charge in [0, 0.05) is 30.1 Å². The van der Waals surface area contributed by atoms with Crippen LogP contribution >= 0.6 is 0 Å². The molecule has 8 heteroatoms. The van der Waals surface area contributed by atoms with Gasteiger partial charge in [-0.1, -0.05) is 0 Å². The maximum atomic E-state index is 10.7. The van der Waals surface area contributed by atoms with Crippen LogP contribution in [0.4, 0.5) is 5.69 Å². The van der Waals surface area contributed by atoms with Gasteiger partial charge in [-0.3, -0.25) is 0 Å². The molecule has 6 nitrogen and oxygen atoms in total. The van der Waals surface area contributed by atoms with Crippen molar-refractivity contribution in [2.75, 3.05) is 19.0 Å². The molecule has 0 aliphatic carbocycles. The van der Waals surface area contributed by atoms with E-state index in [-0.39, 0.29) is 65.7 Å². The van der Waals surface area contributed by atoms with Gasteiger partial charge in [-0.2, -0.15) is 0 Å². The molecule has 0 fully saturated rings. The van der Waals surface area contributed by atoms with Gasteiger partial charge in [0.15, 0.2) is 0 Å². The number of carboxylic acids is 2. The Labute approximate surface area is 161 Å². The van der Waals surface area contributed by atoms with Crippen molar-refractivity contribution >= 4 is 17.6 Å². The minimum atomic E-state index is -1.42. The standard InChI is InChI=1S/C12H15NO5.2Na/c1-18-10-4-2-9(3-5-10)13-7-8(12(16)17)6-11(14)15;;/h2-5,8,13H,6-7H2,1H3,(H,14,15)(H,16,17);;/q;2*+1/p-2.